The Labute approximate surface area is 117 Å². The van der Waals surface area contributed by atoms with Gasteiger partial charge in [0, 0.05) is 24.8 Å². The fraction of sp³-hybridized carbons (Fsp3) is 0.571. The van der Waals surface area contributed by atoms with Gasteiger partial charge in [0.2, 0.25) is 0 Å². The summed E-state index contributed by atoms with van der Waals surface area (Å²) in [5.74, 6) is 0.767. The molecule has 0 amide bonds. The smallest absolute Gasteiger partial charge is 0.387 e. The summed E-state index contributed by atoms with van der Waals surface area (Å²) in [7, 11) is 1.51. The molecule has 0 radical (unpaired) electrons. The Morgan fingerprint density at radius 1 is 1.30 bits per heavy atom. The highest BCUT2D eigenvalue weighted by atomic mass is 19.3. The van der Waals surface area contributed by atoms with Crippen LogP contribution < -0.4 is 14.8 Å². The third kappa shape index (κ3) is 4.94. The predicted octanol–water partition coefficient (Wildman–Crippen LogP) is 2.40. The van der Waals surface area contributed by atoms with Gasteiger partial charge in [-0.1, -0.05) is 6.92 Å². The molecule has 4 nitrogen and oxygen atoms in total. The van der Waals surface area contributed by atoms with Crippen LogP contribution in [-0.4, -0.2) is 31.5 Å². The molecular weight excluding hydrogens is 268 g/mol. The van der Waals surface area contributed by atoms with Crippen LogP contribution in [-0.2, 0) is 6.54 Å². The van der Waals surface area contributed by atoms with Crippen molar-refractivity contribution in [1.82, 2.24) is 5.32 Å². The molecule has 0 saturated carbocycles. The van der Waals surface area contributed by atoms with Gasteiger partial charge in [-0.2, -0.15) is 8.78 Å². The molecule has 0 heterocycles. The van der Waals surface area contributed by atoms with Crippen molar-refractivity contribution in [2.45, 2.75) is 33.0 Å². The molecule has 1 aromatic rings. The Hall–Kier alpha value is -1.40. The summed E-state index contributed by atoms with van der Waals surface area (Å²) in [6.45, 7) is 1.38. The maximum Gasteiger partial charge on any atom is 0.387 e. The van der Waals surface area contributed by atoms with Crippen molar-refractivity contribution in [3.05, 3.63) is 23.8 Å². The Morgan fingerprint density at radius 2 is 2.00 bits per heavy atom. The summed E-state index contributed by atoms with van der Waals surface area (Å²) < 4.78 is 34.3. The molecule has 0 aliphatic carbocycles. The number of benzene rings is 1. The highest BCUT2D eigenvalue weighted by Gasteiger charge is 2.14. The maximum atomic E-state index is 12.4. The Kier molecular flexibility index (Phi) is 6.67. The summed E-state index contributed by atoms with van der Waals surface area (Å²) in [6, 6.07) is 4.73. The molecule has 0 aromatic heterocycles. The molecule has 0 aliphatic heterocycles. The van der Waals surface area contributed by atoms with Gasteiger partial charge in [0.15, 0.2) is 0 Å². The molecule has 0 aliphatic rings. The first kappa shape index (κ1) is 16.7. The van der Waals surface area contributed by atoms with Gasteiger partial charge in [0.1, 0.15) is 11.5 Å². The quantitative estimate of drug-likeness (QED) is 0.771. The maximum absolute atomic E-state index is 12.4. The zero-order valence-electron chi connectivity index (χ0n) is 11.9. The molecule has 0 fully saturated rings. The third-order valence-electron chi connectivity index (χ3n) is 3.24. The fourth-order valence-electron chi connectivity index (χ4n) is 1.66. The molecule has 20 heavy (non-hydrogen) atoms. The summed E-state index contributed by atoms with van der Waals surface area (Å²) in [5, 5.41) is 12.2. The fourth-order valence-corrected chi connectivity index (χ4v) is 1.66. The number of aliphatic hydroxyl groups is 1. The predicted molar refractivity (Wildman–Crippen MR) is 72.2 cm³/mol. The lowest BCUT2D eigenvalue weighted by Crippen LogP contribution is -2.33. The molecule has 114 valence electrons. The second-order valence-corrected chi connectivity index (χ2v) is 4.68. The van der Waals surface area contributed by atoms with E-state index in [1.807, 2.05) is 13.8 Å². The number of hydrogen-bond acceptors (Lipinski definition) is 4. The van der Waals surface area contributed by atoms with Crippen molar-refractivity contribution in [2.75, 3.05) is 13.7 Å². The first-order valence-electron chi connectivity index (χ1n) is 6.43. The van der Waals surface area contributed by atoms with E-state index in [0.29, 0.717) is 17.9 Å². The van der Waals surface area contributed by atoms with E-state index in [1.165, 1.54) is 13.2 Å². The minimum absolute atomic E-state index is 0.0469. The van der Waals surface area contributed by atoms with E-state index in [2.05, 4.69) is 10.1 Å². The van der Waals surface area contributed by atoms with Crippen molar-refractivity contribution in [2.24, 2.45) is 5.92 Å². The second-order valence-electron chi connectivity index (χ2n) is 4.68. The molecule has 1 aromatic carbocycles. The molecular formula is C14H21F2NO3. The third-order valence-corrected chi connectivity index (χ3v) is 3.24. The summed E-state index contributed by atoms with van der Waals surface area (Å²) in [4.78, 5) is 0. The molecule has 1 rings (SSSR count). The van der Waals surface area contributed by atoms with Gasteiger partial charge in [0.05, 0.1) is 7.11 Å². The monoisotopic (exact) mass is 289 g/mol. The molecule has 0 bridgehead atoms. The highest BCUT2D eigenvalue weighted by Crippen LogP contribution is 2.25. The lowest BCUT2D eigenvalue weighted by atomic mass is 10.0. The number of nitrogens with one attached hydrogen (secondary N) is 1. The zero-order chi connectivity index (χ0) is 15.1. The minimum Gasteiger partial charge on any atom is -0.497 e. The van der Waals surface area contributed by atoms with Gasteiger partial charge in [-0.15, -0.1) is 0 Å². The largest absolute Gasteiger partial charge is 0.497 e. The molecule has 2 unspecified atom stereocenters. The van der Waals surface area contributed by atoms with Crippen LogP contribution in [0.4, 0.5) is 8.78 Å². The number of aliphatic hydroxyl groups excluding tert-OH is 1. The van der Waals surface area contributed by atoms with E-state index in [9.17, 15) is 8.78 Å². The topological polar surface area (TPSA) is 50.7 Å². The summed E-state index contributed by atoms with van der Waals surface area (Å²) >= 11 is 0. The molecule has 2 atom stereocenters. The van der Waals surface area contributed by atoms with Gasteiger partial charge in [-0.05, 0) is 31.0 Å². The Morgan fingerprint density at radius 3 is 2.55 bits per heavy atom. The number of halogens is 2. The molecule has 6 heteroatoms. The zero-order valence-corrected chi connectivity index (χ0v) is 11.9. The van der Waals surface area contributed by atoms with E-state index >= 15 is 0 Å². The Bertz CT molecular complexity index is 415. The lowest BCUT2D eigenvalue weighted by molar-refractivity contribution is -0.0505. The number of hydrogen-bond donors (Lipinski definition) is 2. The van der Waals surface area contributed by atoms with Crippen LogP contribution in [0, 0.1) is 5.92 Å². The first-order chi connectivity index (χ1) is 9.47. The van der Waals surface area contributed by atoms with Crippen LogP contribution in [0.3, 0.4) is 0 Å². The number of ether oxygens (including phenoxy) is 2. The summed E-state index contributed by atoms with van der Waals surface area (Å²) in [5.41, 5.74) is 0.585. The normalized spacial score (nSPS) is 14.2. The molecule has 0 spiro atoms. The number of rotatable bonds is 8. The van der Waals surface area contributed by atoms with Crippen molar-refractivity contribution < 1.29 is 23.4 Å². The van der Waals surface area contributed by atoms with Gasteiger partial charge in [-0.3, -0.25) is 0 Å². The molecule has 0 saturated heterocycles. The number of methoxy groups -OCH3 is 1. The Balaban J connectivity index is 2.79. The highest BCUT2D eigenvalue weighted by molar-refractivity contribution is 5.40. The van der Waals surface area contributed by atoms with Crippen molar-refractivity contribution in [3.8, 4) is 11.5 Å². The number of alkyl halides is 2. The van der Waals surface area contributed by atoms with E-state index < -0.39 is 6.61 Å². The van der Waals surface area contributed by atoms with Crippen LogP contribution >= 0.6 is 0 Å². The van der Waals surface area contributed by atoms with Gasteiger partial charge >= 0.3 is 6.61 Å². The van der Waals surface area contributed by atoms with E-state index in [1.54, 1.807) is 12.1 Å². The standard InChI is InChI=1S/C14H21F2NO3/c1-9(8-18)10(2)17-7-11-6-12(19-3)4-5-13(11)20-14(15)16/h4-6,9-10,14,17-18H,7-8H2,1-3H3. The van der Waals surface area contributed by atoms with Crippen molar-refractivity contribution >= 4 is 0 Å². The van der Waals surface area contributed by atoms with Gasteiger partial charge in [-0.25, -0.2) is 0 Å². The average Bonchev–Trinajstić information content (AvgIpc) is 2.44. The minimum atomic E-state index is -2.86. The van der Waals surface area contributed by atoms with Crippen molar-refractivity contribution in [1.29, 1.82) is 0 Å². The van der Waals surface area contributed by atoms with Crippen molar-refractivity contribution in [3.63, 3.8) is 0 Å². The van der Waals surface area contributed by atoms with Crippen LogP contribution in [0.15, 0.2) is 18.2 Å². The van der Waals surface area contributed by atoms with E-state index in [-0.39, 0.29) is 24.3 Å². The SMILES string of the molecule is COc1ccc(OC(F)F)c(CNC(C)C(C)CO)c1. The van der Waals surface area contributed by atoms with Crippen LogP contribution in [0.25, 0.3) is 0 Å². The summed E-state index contributed by atoms with van der Waals surface area (Å²) in [6.07, 6.45) is 0. The van der Waals surface area contributed by atoms with E-state index in [0.717, 1.165) is 0 Å². The second kappa shape index (κ2) is 8.01. The van der Waals surface area contributed by atoms with Gasteiger partial charge < -0.3 is 19.9 Å². The van der Waals surface area contributed by atoms with Crippen LogP contribution in [0.1, 0.15) is 19.4 Å². The van der Waals surface area contributed by atoms with E-state index in [4.69, 9.17) is 9.84 Å². The molecule has 2 N–H and O–H groups in total. The van der Waals surface area contributed by atoms with Crippen LogP contribution in [0.2, 0.25) is 0 Å². The van der Waals surface area contributed by atoms with Gasteiger partial charge in [0.25, 0.3) is 0 Å². The average molecular weight is 289 g/mol. The van der Waals surface area contributed by atoms with Crippen LogP contribution in [0.5, 0.6) is 11.5 Å². The first-order valence-corrected chi connectivity index (χ1v) is 6.43. The lowest BCUT2D eigenvalue weighted by Gasteiger charge is -2.20.